The van der Waals surface area contributed by atoms with Gasteiger partial charge in [-0.15, -0.1) is 0 Å². The third-order valence-electron chi connectivity index (χ3n) is 4.08. The fourth-order valence-electron chi connectivity index (χ4n) is 2.62. The van der Waals surface area contributed by atoms with Gasteiger partial charge in [0, 0.05) is 19.7 Å². The van der Waals surface area contributed by atoms with Gasteiger partial charge >= 0.3 is 0 Å². The molecule has 2 amide bonds. The van der Waals surface area contributed by atoms with E-state index in [1.54, 1.807) is 18.0 Å². The first-order valence-corrected chi connectivity index (χ1v) is 10.1. The number of benzene rings is 1. The normalized spacial score (nSPS) is 18.6. The fraction of sp³-hybridized carbons (Fsp3) is 0.389. The number of alkyl halides is 3. The summed E-state index contributed by atoms with van der Waals surface area (Å²) in [6.45, 7) is 0.706. The van der Waals surface area contributed by atoms with E-state index in [-0.39, 0.29) is 11.0 Å². The number of nitrogens with one attached hydrogen (secondary N) is 3. The van der Waals surface area contributed by atoms with Gasteiger partial charge in [-0.2, -0.15) is 0 Å². The van der Waals surface area contributed by atoms with Crippen LogP contribution >= 0.6 is 47.0 Å². The molecule has 0 bridgehead atoms. The largest absolute Gasteiger partial charge is 0.351 e. The number of piperidine rings is 1. The highest BCUT2D eigenvalue weighted by Gasteiger charge is 2.35. The van der Waals surface area contributed by atoms with Crippen molar-refractivity contribution in [3.63, 3.8) is 0 Å². The molecule has 10 heteroatoms. The summed E-state index contributed by atoms with van der Waals surface area (Å²) < 4.78 is -1.87. The molecule has 0 aliphatic carbocycles. The lowest BCUT2D eigenvalue weighted by molar-refractivity contribution is -0.134. The molecule has 1 aromatic rings. The number of likely N-dealkylation sites (N-methyl/N-ethyl adjacent to an activating group) is 1. The number of nitrogens with zero attached hydrogens (tertiary/aromatic N) is 1. The first kappa shape index (κ1) is 22.7. The van der Waals surface area contributed by atoms with Crippen LogP contribution < -0.4 is 16.0 Å². The van der Waals surface area contributed by atoms with E-state index in [0.29, 0.717) is 13.0 Å². The number of amides is 2. The number of halogens is 3. The van der Waals surface area contributed by atoms with Gasteiger partial charge in [0.1, 0.15) is 12.2 Å². The molecule has 1 fully saturated rings. The Balaban J connectivity index is 1.95. The molecule has 2 atom stereocenters. The van der Waals surface area contributed by atoms with E-state index in [1.807, 2.05) is 30.3 Å². The fourth-order valence-corrected chi connectivity index (χ4v) is 3.21. The van der Waals surface area contributed by atoms with Gasteiger partial charge in [0.05, 0.1) is 0 Å². The Bertz CT molecular complexity index is 740. The predicted molar refractivity (Wildman–Crippen MR) is 117 cm³/mol. The Morgan fingerprint density at radius 2 is 1.96 bits per heavy atom. The highest BCUT2D eigenvalue weighted by Crippen LogP contribution is 2.29. The van der Waals surface area contributed by atoms with Gasteiger partial charge in [-0.25, -0.2) is 0 Å². The van der Waals surface area contributed by atoms with Crippen molar-refractivity contribution in [2.45, 2.75) is 28.8 Å². The first-order chi connectivity index (χ1) is 13.2. The maximum atomic E-state index is 12.2. The molecule has 152 valence electrons. The van der Waals surface area contributed by atoms with Crippen molar-refractivity contribution >= 4 is 70.0 Å². The molecule has 1 aliphatic heterocycles. The summed E-state index contributed by atoms with van der Waals surface area (Å²) in [5.74, 6) is -0.528. The molecule has 1 aromatic carbocycles. The minimum atomic E-state index is -1.87. The van der Waals surface area contributed by atoms with Crippen LogP contribution in [0.4, 0.5) is 0 Å². The van der Waals surface area contributed by atoms with Gasteiger partial charge in [-0.05, 0) is 36.7 Å². The number of carbonyl (C=O) groups is 2. The van der Waals surface area contributed by atoms with Crippen molar-refractivity contribution in [3.05, 3.63) is 42.0 Å². The monoisotopic (exact) mass is 462 g/mol. The summed E-state index contributed by atoms with van der Waals surface area (Å²) in [7, 11) is 1.73. The van der Waals surface area contributed by atoms with Gasteiger partial charge < -0.3 is 20.9 Å². The predicted octanol–water partition coefficient (Wildman–Crippen LogP) is 2.60. The summed E-state index contributed by atoms with van der Waals surface area (Å²) in [5, 5.41) is 8.34. The molecule has 3 N–H and O–H groups in total. The van der Waals surface area contributed by atoms with E-state index in [4.69, 9.17) is 47.0 Å². The van der Waals surface area contributed by atoms with Crippen LogP contribution in [0, 0.1) is 0 Å². The van der Waals surface area contributed by atoms with E-state index in [9.17, 15) is 9.59 Å². The van der Waals surface area contributed by atoms with Gasteiger partial charge in [-0.3, -0.25) is 9.59 Å². The van der Waals surface area contributed by atoms with Crippen LogP contribution in [0.2, 0.25) is 0 Å². The highest BCUT2D eigenvalue weighted by atomic mass is 35.6. The number of carbonyl (C=O) groups excluding carboxylic acids is 2. The molecule has 1 saturated heterocycles. The molecule has 2 unspecified atom stereocenters. The zero-order valence-electron chi connectivity index (χ0n) is 15.1. The summed E-state index contributed by atoms with van der Waals surface area (Å²) in [6, 6.07) is 8.85. The molecule has 0 spiro atoms. The molecular formula is C18H21Cl3N4O2S. The van der Waals surface area contributed by atoms with E-state index < -0.39 is 21.9 Å². The second kappa shape index (κ2) is 10.3. The van der Waals surface area contributed by atoms with Crippen molar-refractivity contribution in [2.75, 3.05) is 13.6 Å². The van der Waals surface area contributed by atoms with Crippen LogP contribution in [0.25, 0.3) is 6.08 Å². The van der Waals surface area contributed by atoms with Crippen LogP contribution in [0.3, 0.4) is 0 Å². The molecule has 0 radical (unpaired) electrons. The Morgan fingerprint density at radius 3 is 2.61 bits per heavy atom. The lowest BCUT2D eigenvalue weighted by atomic mass is 10.1. The third kappa shape index (κ3) is 7.13. The maximum absolute atomic E-state index is 12.2. The zero-order chi connectivity index (χ0) is 20.7. The molecule has 0 saturated carbocycles. The SMILES string of the molecule is CN1CCCC(NC(=S)NC(NC(=O)/C=C/c2ccccc2)C(Cl)(Cl)Cl)C1=O. The molecule has 28 heavy (non-hydrogen) atoms. The van der Waals surface area contributed by atoms with Gasteiger partial charge in [0.2, 0.25) is 15.6 Å². The van der Waals surface area contributed by atoms with Crippen LogP contribution in [-0.4, -0.2) is 51.4 Å². The number of likely N-dealkylation sites (tertiary alicyclic amines) is 1. The number of hydrogen-bond donors (Lipinski definition) is 3. The van der Waals surface area contributed by atoms with E-state index in [1.165, 1.54) is 6.08 Å². The minimum Gasteiger partial charge on any atom is -0.351 e. The Morgan fingerprint density at radius 1 is 1.29 bits per heavy atom. The van der Waals surface area contributed by atoms with E-state index in [2.05, 4.69) is 16.0 Å². The van der Waals surface area contributed by atoms with Gasteiger partial charge in [-0.1, -0.05) is 65.1 Å². The Hall–Kier alpha value is -1.54. The average molecular weight is 464 g/mol. The van der Waals surface area contributed by atoms with Crippen LogP contribution in [0.15, 0.2) is 36.4 Å². The second-order valence-corrected chi connectivity index (χ2v) is 9.08. The summed E-state index contributed by atoms with van der Waals surface area (Å²) >= 11 is 23.1. The molecule has 1 aliphatic rings. The van der Waals surface area contributed by atoms with Crippen LogP contribution in [0.5, 0.6) is 0 Å². The third-order valence-corrected chi connectivity index (χ3v) is 4.97. The summed E-state index contributed by atoms with van der Waals surface area (Å²) in [4.78, 5) is 26.0. The number of thiocarbonyl (C=S) groups is 1. The quantitative estimate of drug-likeness (QED) is 0.271. The number of hydrogen-bond acceptors (Lipinski definition) is 3. The molecule has 1 heterocycles. The highest BCUT2D eigenvalue weighted by molar-refractivity contribution is 7.80. The lowest BCUT2D eigenvalue weighted by Gasteiger charge is -2.32. The Labute approximate surface area is 184 Å². The van der Waals surface area contributed by atoms with Crippen molar-refractivity contribution in [1.29, 1.82) is 0 Å². The van der Waals surface area contributed by atoms with E-state index >= 15 is 0 Å². The summed E-state index contributed by atoms with van der Waals surface area (Å²) in [5.41, 5.74) is 0.855. The molecule has 0 aromatic heterocycles. The van der Waals surface area contributed by atoms with E-state index in [0.717, 1.165) is 12.0 Å². The summed E-state index contributed by atoms with van der Waals surface area (Å²) in [6.07, 6.45) is 3.38. The number of rotatable bonds is 5. The molecule has 6 nitrogen and oxygen atoms in total. The van der Waals surface area contributed by atoms with Crippen molar-refractivity contribution in [3.8, 4) is 0 Å². The molecule has 2 rings (SSSR count). The molecular weight excluding hydrogens is 443 g/mol. The minimum absolute atomic E-state index is 0.0596. The van der Waals surface area contributed by atoms with Crippen molar-refractivity contribution in [1.82, 2.24) is 20.9 Å². The van der Waals surface area contributed by atoms with Crippen LogP contribution in [0.1, 0.15) is 18.4 Å². The zero-order valence-corrected chi connectivity index (χ0v) is 18.2. The smallest absolute Gasteiger partial charge is 0.245 e. The second-order valence-electron chi connectivity index (χ2n) is 6.30. The maximum Gasteiger partial charge on any atom is 0.245 e. The van der Waals surface area contributed by atoms with Gasteiger partial charge in [0.15, 0.2) is 5.11 Å². The Kier molecular flexibility index (Phi) is 8.37. The van der Waals surface area contributed by atoms with Gasteiger partial charge in [0.25, 0.3) is 0 Å². The van der Waals surface area contributed by atoms with Crippen LogP contribution in [-0.2, 0) is 9.59 Å². The van der Waals surface area contributed by atoms with Crippen molar-refractivity contribution in [2.24, 2.45) is 0 Å². The standard InChI is InChI=1S/C18H21Cl3N4O2S/c1-25-11-5-8-13(15(25)27)22-17(28)24-16(18(19,20)21)23-14(26)10-9-12-6-3-2-4-7-12/h2-4,6-7,9-10,13,16H,5,8,11H2,1H3,(H,23,26)(H2,22,24,28)/b10-9+. The average Bonchev–Trinajstić information content (AvgIpc) is 2.63. The topological polar surface area (TPSA) is 73.5 Å². The first-order valence-electron chi connectivity index (χ1n) is 8.59. The lowest BCUT2D eigenvalue weighted by Crippen LogP contribution is -2.60. The van der Waals surface area contributed by atoms with Crippen molar-refractivity contribution < 1.29 is 9.59 Å².